The van der Waals surface area contributed by atoms with Crippen LogP contribution in [0.5, 0.6) is 5.75 Å². The molecule has 0 fully saturated rings. The van der Waals surface area contributed by atoms with Crippen LogP contribution >= 0.6 is 0 Å². The van der Waals surface area contributed by atoms with Crippen LogP contribution in [-0.4, -0.2) is 33.3 Å². The van der Waals surface area contributed by atoms with E-state index >= 15 is 0 Å². The third-order valence-corrected chi connectivity index (χ3v) is 4.04. The number of aldehydes is 1. The normalized spacial score (nSPS) is 12.0. The highest BCUT2D eigenvalue weighted by Gasteiger charge is 2.48. The Hall–Kier alpha value is -2.62. The molecule has 0 N–H and O–H groups in total. The van der Waals surface area contributed by atoms with Gasteiger partial charge in [0.2, 0.25) is 0 Å². The highest BCUT2D eigenvalue weighted by atomic mass is 32.2. The van der Waals surface area contributed by atoms with Crippen molar-refractivity contribution >= 4 is 33.1 Å². The Morgan fingerprint density at radius 2 is 1.79 bits per heavy atom. The predicted octanol–water partition coefficient (Wildman–Crippen LogP) is 2.67. The van der Waals surface area contributed by atoms with E-state index < -0.39 is 32.9 Å². The van der Waals surface area contributed by atoms with E-state index in [0.717, 1.165) is 19.2 Å². The molecule has 0 aromatic heterocycles. The third kappa shape index (κ3) is 3.04. The Morgan fingerprint density at radius 1 is 1.12 bits per heavy atom. The fourth-order valence-corrected chi connectivity index (χ4v) is 2.48. The molecule has 2 aromatic carbocycles. The number of hydrogen-bond acceptors (Lipinski definition) is 6. The largest absolute Gasteiger partial charge is 0.534 e. The van der Waals surface area contributed by atoms with Gasteiger partial charge in [0.1, 0.15) is 0 Å². The Bertz CT molecular complexity index is 918. The molecular weight excluding hydrogens is 353 g/mol. The molecule has 0 aliphatic heterocycles. The lowest BCUT2D eigenvalue weighted by Crippen LogP contribution is -2.28. The van der Waals surface area contributed by atoms with Crippen LogP contribution in [0.3, 0.4) is 0 Å². The van der Waals surface area contributed by atoms with Gasteiger partial charge in [0.25, 0.3) is 0 Å². The zero-order valence-electron chi connectivity index (χ0n) is 12.0. The molecule has 0 spiro atoms. The van der Waals surface area contributed by atoms with E-state index in [1.54, 1.807) is 0 Å². The fourth-order valence-electron chi connectivity index (χ4n) is 2.01. The maximum atomic E-state index is 12.4. The number of methoxy groups -OCH3 is 1. The fraction of sp³-hybridized carbons (Fsp3) is 0.143. The van der Waals surface area contributed by atoms with E-state index in [4.69, 9.17) is 0 Å². The van der Waals surface area contributed by atoms with Crippen LogP contribution in [0.15, 0.2) is 30.3 Å². The summed E-state index contributed by atoms with van der Waals surface area (Å²) in [5, 5.41) is 0.242. The summed E-state index contributed by atoms with van der Waals surface area (Å²) in [6, 6.07) is 6.11. The molecule has 24 heavy (non-hydrogen) atoms. The van der Waals surface area contributed by atoms with Gasteiger partial charge in [-0.2, -0.15) is 21.6 Å². The monoisotopic (exact) mass is 362 g/mol. The van der Waals surface area contributed by atoms with Crippen LogP contribution in [0.25, 0.3) is 10.8 Å². The summed E-state index contributed by atoms with van der Waals surface area (Å²) in [6.45, 7) is 0. The van der Waals surface area contributed by atoms with Crippen LogP contribution in [0, 0.1) is 0 Å². The second kappa shape index (κ2) is 6.11. The lowest BCUT2D eigenvalue weighted by atomic mass is 10.00. The summed E-state index contributed by atoms with van der Waals surface area (Å²) >= 11 is 0. The number of fused-ring (bicyclic) bond motifs is 1. The van der Waals surface area contributed by atoms with Gasteiger partial charge in [0, 0.05) is 0 Å². The number of carbonyl (C=O) groups excluding carboxylic acids is 2. The molecule has 0 bridgehead atoms. The van der Waals surface area contributed by atoms with Crippen molar-refractivity contribution < 1.29 is 40.1 Å². The van der Waals surface area contributed by atoms with E-state index in [0.29, 0.717) is 0 Å². The smallest absolute Gasteiger partial charge is 0.465 e. The number of esters is 1. The molecule has 6 nitrogen and oxygen atoms in total. The molecule has 0 saturated heterocycles. The van der Waals surface area contributed by atoms with Crippen molar-refractivity contribution in [3.05, 3.63) is 41.5 Å². The van der Waals surface area contributed by atoms with Crippen LogP contribution < -0.4 is 4.18 Å². The van der Waals surface area contributed by atoms with Gasteiger partial charge in [-0.3, -0.25) is 4.79 Å². The minimum atomic E-state index is -5.93. The lowest BCUT2D eigenvalue weighted by molar-refractivity contribution is -0.0500. The number of benzene rings is 2. The molecule has 0 atom stereocenters. The molecule has 0 heterocycles. The number of halogens is 3. The molecule has 0 unspecified atom stereocenters. The predicted molar refractivity (Wildman–Crippen MR) is 76.3 cm³/mol. The minimum Gasteiger partial charge on any atom is -0.465 e. The number of hydrogen-bond donors (Lipinski definition) is 0. The maximum absolute atomic E-state index is 12.4. The van der Waals surface area contributed by atoms with Gasteiger partial charge >= 0.3 is 21.6 Å². The Balaban J connectivity index is 2.68. The SMILES string of the molecule is COC(=O)c1cccc2c(C=O)c(OS(=O)(=O)C(F)(F)F)ccc12. The van der Waals surface area contributed by atoms with Crippen molar-refractivity contribution in [1.29, 1.82) is 0 Å². The van der Waals surface area contributed by atoms with E-state index in [1.165, 1.54) is 18.2 Å². The van der Waals surface area contributed by atoms with Gasteiger partial charge in [-0.15, -0.1) is 0 Å². The molecule has 128 valence electrons. The Morgan fingerprint density at radius 3 is 2.33 bits per heavy atom. The summed E-state index contributed by atoms with van der Waals surface area (Å²) in [6.07, 6.45) is 0.143. The highest BCUT2D eigenvalue weighted by Crippen LogP contribution is 2.33. The standard InChI is InChI=1S/C14H9F3O6S/c1-22-13(19)10-4-2-3-8-9(10)5-6-12(11(8)7-18)23-24(20,21)14(15,16)17/h2-7H,1H3. The quantitative estimate of drug-likeness (QED) is 0.360. The number of carbonyl (C=O) groups is 2. The van der Waals surface area contributed by atoms with Crippen LogP contribution in [0.4, 0.5) is 13.2 Å². The van der Waals surface area contributed by atoms with Gasteiger partial charge in [0.15, 0.2) is 12.0 Å². The molecule has 2 rings (SSSR count). The van der Waals surface area contributed by atoms with E-state index in [1.807, 2.05) is 0 Å². The maximum Gasteiger partial charge on any atom is 0.534 e. The van der Waals surface area contributed by atoms with Crippen molar-refractivity contribution in [1.82, 2.24) is 0 Å². The first-order valence-corrected chi connectivity index (χ1v) is 7.63. The number of alkyl halides is 3. The Labute approximate surface area is 133 Å². The summed E-state index contributed by atoms with van der Waals surface area (Å²) in [4.78, 5) is 22.9. The second-order valence-corrected chi connectivity index (χ2v) is 6.01. The lowest BCUT2D eigenvalue weighted by Gasteiger charge is -2.13. The van der Waals surface area contributed by atoms with Gasteiger partial charge in [-0.05, 0) is 29.0 Å². The molecule has 0 aliphatic rings. The van der Waals surface area contributed by atoms with Crippen LogP contribution in [0.2, 0.25) is 0 Å². The number of rotatable bonds is 4. The summed E-state index contributed by atoms with van der Waals surface area (Å²) in [5.74, 6) is -1.52. The van der Waals surface area contributed by atoms with Crippen molar-refractivity contribution in [2.45, 2.75) is 5.51 Å². The van der Waals surface area contributed by atoms with E-state index in [9.17, 15) is 31.2 Å². The van der Waals surface area contributed by atoms with Crippen molar-refractivity contribution in [3.63, 3.8) is 0 Å². The van der Waals surface area contributed by atoms with Gasteiger partial charge in [-0.25, -0.2) is 4.79 Å². The number of ether oxygens (including phenoxy) is 1. The zero-order valence-corrected chi connectivity index (χ0v) is 12.8. The van der Waals surface area contributed by atoms with Crippen molar-refractivity contribution in [3.8, 4) is 5.75 Å². The van der Waals surface area contributed by atoms with Crippen molar-refractivity contribution in [2.24, 2.45) is 0 Å². The molecule has 0 amide bonds. The van der Waals surface area contributed by atoms with Crippen molar-refractivity contribution in [2.75, 3.05) is 7.11 Å². The third-order valence-electron chi connectivity index (χ3n) is 3.07. The average molecular weight is 362 g/mol. The van der Waals surface area contributed by atoms with Gasteiger partial charge in [0.05, 0.1) is 18.2 Å². The molecule has 10 heteroatoms. The van der Waals surface area contributed by atoms with Gasteiger partial charge in [-0.1, -0.05) is 12.1 Å². The molecule has 0 saturated carbocycles. The van der Waals surface area contributed by atoms with E-state index in [-0.39, 0.29) is 22.6 Å². The topological polar surface area (TPSA) is 86.7 Å². The van der Waals surface area contributed by atoms with Gasteiger partial charge < -0.3 is 8.92 Å². The minimum absolute atomic E-state index is 0.0442. The second-order valence-electron chi connectivity index (χ2n) is 4.47. The summed E-state index contributed by atoms with van der Waals surface area (Å²) < 4.78 is 68.1. The molecule has 2 aromatic rings. The van der Waals surface area contributed by atoms with Crippen LogP contribution in [0.1, 0.15) is 20.7 Å². The van der Waals surface area contributed by atoms with E-state index in [2.05, 4.69) is 8.92 Å². The first-order chi connectivity index (χ1) is 11.1. The Kier molecular flexibility index (Phi) is 4.52. The molecule has 0 aliphatic carbocycles. The summed E-state index contributed by atoms with van der Waals surface area (Å²) in [7, 11) is -4.80. The highest BCUT2D eigenvalue weighted by molar-refractivity contribution is 7.88. The first-order valence-electron chi connectivity index (χ1n) is 6.22. The zero-order chi connectivity index (χ0) is 18.1. The molecule has 0 radical (unpaired) electrons. The molecular formula is C14H9F3O6S. The average Bonchev–Trinajstić information content (AvgIpc) is 2.51. The summed E-state index contributed by atoms with van der Waals surface area (Å²) in [5.41, 5.74) is -6.02. The first kappa shape index (κ1) is 17.7. The van der Waals surface area contributed by atoms with Crippen LogP contribution in [-0.2, 0) is 14.9 Å².